The van der Waals surface area contributed by atoms with Gasteiger partial charge in [-0.2, -0.15) is 0 Å². The summed E-state index contributed by atoms with van der Waals surface area (Å²) in [5.41, 5.74) is 3.05. The van der Waals surface area contributed by atoms with Crippen LogP contribution in [0, 0.1) is 11.8 Å². The van der Waals surface area contributed by atoms with Crippen molar-refractivity contribution in [1.29, 1.82) is 0 Å². The minimum absolute atomic E-state index is 0.598. The van der Waals surface area contributed by atoms with Crippen molar-refractivity contribution in [3.05, 3.63) is 66.2 Å². The van der Waals surface area contributed by atoms with Gasteiger partial charge in [0.25, 0.3) is 0 Å². The molecule has 0 radical (unpaired) electrons. The molecule has 0 N–H and O–H groups in total. The van der Waals surface area contributed by atoms with E-state index in [1.807, 2.05) is 12.1 Å². The number of ether oxygens (including phenoxy) is 2. The van der Waals surface area contributed by atoms with E-state index in [0.29, 0.717) is 11.8 Å². The fourth-order valence-corrected chi connectivity index (χ4v) is 4.04. The van der Waals surface area contributed by atoms with Crippen molar-refractivity contribution in [3.63, 3.8) is 0 Å². The summed E-state index contributed by atoms with van der Waals surface area (Å²) in [4.78, 5) is 0. The summed E-state index contributed by atoms with van der Waals surface area (Å²) in [7, 11) is 0. The van der Waals surface area contributed by atoms with Crippen LogP contribution in [0.1, 0.15) is 90.2 Å². The van der Waals surface area contributed by atoms with E-state index >= 15 is 0 Å². The largest absolute Gasteiger partial charge is 0.493 e. The molecule has 32 heavy (non-hydrogen) atoms. The van der Waals surface area contributed by atoms with E-state index in [2.05, 4.69) is 70.7 Å². The van der Waals surface area contributed by atoms with Crippen molar-refractivity contribution in [1.82, 2.24) is 0 Å². The molecule has 0 aliphatic rings. The van der Waals surface area contributed by atoms with Gasteiger partial charge in [0.2, 0.25) is 0 Å². The van der Waals surface area contributed by atoms with Crippen molar-refractivity contribution in [2.45, 2.75) is 79.1 Å². The maximum atomic E-state index is 6.33. The molecule has 0 bridgehead atoms. The smallest absolute Gasteiger partial charge is 0.127 e. The van der Waals surface area contributed by atoms with Gasteiger partial charge in [-0.25, -0.2) is 0 Å². The zero-order valence-corrected chi connectivity index (χ0v) is 20.9. The van der Waals surface area contributed by atoms with E-state index in [0.717, 1.165) is 54.3 Å². The number of hydrogen-bond acceptors (Lipinski definition) is 2. The van der Waals surface area contributed by atoms with Gasteiger partial charge in [-0.1, -0.05) is 109 Å². The fraction of sp³-hybridized carbons (Fsp3) is 0.533. The van der Waals surface area contributed by atoms with Crippen LogP contribution in [0.25, 0.3) is 5.57 Å². The molecule has 2 unspecified atom stereocenters. The van der Waals surface area contributed by atoms with Crippen LogP contribution >= 0.6 is 0 Å². The molecule has 0 aliphatic carbocycles. The minimum atomic E-state index is 0.598. The van der Waals surface area contributed by atoms with Crippen molar-refractivity contribution < 1.29 is 9.47 Å². The van der Waals surface area contributed by atoms with E-state index in [4.69, 9.17) is 9.47 Å². The van der Waals surface area contributed by atoms with Gasteiger partial charge in [-0.05, 0) is 42.4 Å². The lowest BCUT2D eigenvalue weighted by Gasteiger charge is -2.20. The van der Waals surface area contributed by atoms with Crippen LogP contribution in [0.5, 0.6) is 11.5 Å². The molecule has 176 valence electrons. The Hall–Kier alpha value is -2.22. The van der Waals surface area contributed by atoms with Crippen LogP contribution in [-0.4, -0.2) is 13.2 Å². The third-order valence-electron chi connectivity index (χ3n) is 6.46. The first kappa shape index (κ1) is 26.0. The third-order valence-corrected chi connectivity index (χ3v) is 6.46. The second kappa shape index (κ2) is 14.8. The van der Waals surface area contributed by atoms with Crippen LogP contribution in [-0.2, 0) is 0 Å². The summed E-state index contributed by atoms with van der Waals surface area (Å²) in [6, 6.07) is 16.5. The van der Waals surface area contributed by atoms with Crippen LogP contribution in [0.15, 0.2) is 55.1 Å². The molecule has 0 amide bonds. The second-order valence-electron chi connectivity index (χ2n) is 8.93. The Morgan fingerprint density at radius 3 is 1.47 bits per heavy atom. The molecule has 0 spiro atoms. The van der Waals surface area contributed by atoms with Crippen molar-refractivity contribution in [2.75, 3.05) is 13.2 Å². The lowest BCUT2D eigenvalue weighted by atomic mass is 9.97. The summed E-state index contributed by atoms with van der Waals surface area (Å²) in [6.07, 6.45) is 9.74. The predicted molar refractivity (Wildman–Crippen MR) is 139 cm³/mol. The number of para-hydroxylation sites is 2. The third kappa shape index (κ3) is 8.04. The quantitative estimate of drug-likeness (QED) is 0.261. The van der Waals surface area contributed by atoms with Gasteiger partial charge < -0.3 is 9.47 Å². The molecule has 2 atom stereocenters. The maximum absolute atomic E-state index is 6.33. The van der Waals surface area contributed by atoms with Gasteiger partial charge in [-0.3, -0.25) is 0 Å². The predicted octanol–water partition coefficient (Wildman–Crippen LogP) is 8.94. The molecule has 2 heteroatoms. The first-order valence-corrected chi connectivity index (χ1v) is 12.8. The summed E-state index contributed by atoms with van der Waals surface area (Å²) < 4.78 is 12.7. The molecule has 0 aliphatic heterocycles. The van der Waals surface area contributed by atoms with Crippen molar-refractivity contribution >= 4 is 5.57 Å². The Kier molecular flexibility index (Phi) is 12.0. The van der Waals surface area contributed by atoms with Gasteiger partial charge >= 0.3 is 0 Å². The van der Waals surface area contributed by atoms with Gasteiger partial charge in [0, 0.05) is 11.1 Å². The first-order valence-electron chi connectivity index (χ1n) is 12.8. The highest BCUT2D eigenvalue weighted by molar-refractivity contribution is 5.83. The first-order chi connectivity index (χ1) is 15.6. The Bertz CT molecular complexity index is 729. The average molecular weight is 437 g/mol. The zero-order valence-electron chi connectivity index (χ0n) is 20.9. The highest BCUT2D eigenvalue weighted by Crippen LogP contribution is 2.35. The highest BCUT2D eigenvalue weighted by Gasteiger charge is 2.16. The highest BCUT2D eigenvalue weighted by atomic mass is 16.5. The van der Waals surface area contributed by atoms with E-state index in [1.54, 1.807) is 0 Å². The monoisotopic (exact) mass is 436 g/mol. The molecular formula is C30H44O2. The lowest BCUT2D eigenvalue weighted by Crippen LogP contribution is -2.13. The van der Waals surface area contributed by atoms with Crippen LogP contribution in [0.4, 0.5) is 0 Å². The van der Waals surface area contributed by atoms with Crippen molar-refractivity contribution in [2.24, 2.45) is 11.8 Å². The Morgan fingerprint density at radius 1 is 0.688 bits per heavy atom. The van der Waals surface area contributed by atoms with Crippen LogP contribution in [0.2, 0.25) is 0 Å². The number of unbranched alkanes of at least 4 members (excludes halogenated alkanes) is 2. The number of hydrogen-bond donors (Lipinski definition) is 0. The SMILES string of the molecule is C=C(c1ccccc1OCC(CC)CCCC)c1ccccc1OCC(CC)CCCC. The van der Waals surface area contributed by atoms with E-state index in [9.17, 15) is 0 Å². The topological polar surface area (TPSA) is 18.5 Å². The molecule has 0 aromatic heterocycles. The molecule has 0 heterocycles. The Labute approximate surface area is 197 Å². The normalized spacial score (nSPS) is 12.9. The van der Waals surface area contributed by atoms with Gasteiger partial charge in [0.1, 0.15) is 11.5 Å². The lowest BCUT2D eigenvalue weighted by molar-refractivity contribution is 0.232. The van der Waals surface area contributed by atoms with Gasteiger partial charge in [0.05, 0.1) is 13.2 Å². The van der Waals surface area contributed by atoms with Crippen LogP contribution < -0.4 is 9.47 Å². The minimum Gasteiger partial charge on any atom is -0.493 e. The standard InChI is InChI=1S/C30H44O2/c1-6-10-16-25(8-3)22-31-29-20-14-12-18-27(29)24(5)28-19-13-15-21-30(28)32-23-26(9-4)17-11-7-2/h12-15,18-21,25-26H,5-11,16-17,22-23H2,1-4H3. The molecule has 2 aromatic rings. The zero-order chi connectivity index (χ0) is 23.2. The van der Waals surface area contributed by atoms with Crippen LogP contribution in [0.3, 0.4) is 0 Å². The fourth-order valence-electron chi connectivity index (χ4n) is 4.04. The Balaban J connectivity index is 2.14. The molecule has 2 aromatic carbocycles. The molecule has 0 saturated carbocycles. The van der Waals surface area contributed by atoms with E-state index in [1.165, 1.54) is 38.5 Å². The Morgan fingerprint density at radius 2 is 1.09 bits per heavy atom. The van der Waals surface area contributed by atoms with E-state index < -0.39 is 0 Å². The van der Waals surface area contributed by atoms with E-state index in [-0.39, 0.29) is 0 Å². The average Bonchev–Trinajstić information content (AvgIpc) is 2.84. The molecule has 0 saturated heterocycles. The molecule has 2 rings (SSSR count). The summed E-state index contributed by atoms with van der Waals surface area (Å²) in [5.74, 6) is 3.02. The summed E-state index contributed by atoms with van der Waals surface area (Å²) in [6.45, 7) is 15.0. The number of benzene rings is 2. The number of rotatable bonds is 16. The van der Waals surface area contributed by atoms with Gasteiger partial charge in [0.15, 0.2) is 0 Å². The molecule has 2 nitrogen and oxygen atoms in total. The second-order valence-corrected chi connectivity index (χ2v) is 8.93. The maximum Gasteiger partial charge on any atom is 0.127 e. The molecular weight excluding hydrogens is 392 g/mol. The van der Waals surface area contributed by atoms with Gasteiger partial charge in [-0.15, -0.1) is 0 Å². The summed E-state index contributed by atoms with van der Waals surface area (Å²) in [5, 5.41) is 0. The summed E-state index contributed by atoms with van der Waals surface area (Å²) >= 11 is 0. The molecule has 0 fully saturated rings. The van der Waals surface area contributed by atoms with Crippen molar-refractivity contribution in [3.8, 4) is 11.5 Å².